The van der Waals surface area contributed by atoms with E-state index >= 15 is 0 Å². The quantitative estimate of drug-likeness (QED) is 0.304. The molecule has 0 radical (unpaired) electrons. The topological polar surface area (TPSA) is 49.9 Å². The molecule has 35 heavy (non-hydrogen) atoms. The molecule has 7 heteroatoms. The summed E-state index contributed by atoms with van der Waals surface area (Å²) in [5.41, 5.74) is 1.94. The summed E-state index contributed by atoms with van der Waals surface area (Å²) in [5.74, 6) is 0.0940. The van der Waals surface area contributed by atoms with Crippen molar-refractivity contribution in [3.8, 4) is 0 Å². The van der Waals surface area contributed by atoms with E-state index in [1.165, 1.54) is 11.8 Å². The number of benzene rings is 1. The van der Waals surface area contributed by atoms with Crippen molar-refractivity contribution in [3.63, 3.8) is 0 Å². The summed E-state index contributed by atoms with van der Waals surface area (Å²) >= 11 is 1.59. The number of ketones is 1. The first-order valence-corrected chi connectivity index (χ1v) is 13.9. The van der Waals surface area contributed by atoms with Gasteiger partial charge in [0.2, 0.25) is 0 Å². The Morgan fingerprint density at radius 2 is 1.83 bits per heavy atom. The van der Waals surface area contributed by atoms with E-state index in [0.29, 0.717) is 13.0 Å². The van der Waals surface area contributed by atoms with Gasteiger partial charge in [-0.1, -0.05) is 13.5 Å². The van der Waals surface area contributed by atoms with Gasteiger partial charge >= 0.3 is 5.97 Å². The van der Waals surface area contributed by atoms with Crippen molar-refractivity contribution >= 4 is 38.9 Å². The maximum Gasteiger partial charge on any atom is 0.308 e. The van der Waals surface area contributed by atoms with Crippen LogP contribution in [0.5, 0.6) is 0 Å². The van der Waals surface area contributed by atoms with Crippen molar-refractivity contribution in [1.29, 1.82) is 0 Å². The summed E-state index contributed by atoms with van der Waals surface area (Å²) in [5, 5.41) is 3.26. The fraction of sp³-hybridized carbons (Fsp3) is 0.571. The van der Waals surface area contributed by atoms with E-state index in [2.05, 4.69) is 21.8 Å². The van der Waals surface area contributed by atoms with Crippen LogP contribution in [0.15, 0.2) is 35.7 Å². The highest BCUT2D eigenvalue weighted by Gasteiger charge is 2.30. The Bertz CT molecular complexity index is 1040. The summed E-state index contributed by atoms with van der Waals surface area (Å²) in [4.78, 5) is 29.6. The number of rotatable bonds is 10. The number of nitrogens with zero attached hydrogens (tertiary/aromatic N) is 2. The zero-order chi connectivity index (χ0) is 24.8. The molecule has 0 bridgehead atoms. The zero-order valence-electron chi connectivity index (χ0n) is 20.8. The average Bonchev–Trinajstić information content (AvgIpc) is 3.30. The second kappa shape index (κ2) is 12.1. The largest absolute Gasteiger partial charge is 0.465 e. The van der Waals surface area contributed by atoms with Crippen LogP contribution in [0.1, 0.15) is 51.9 Å². The van der Waals surface area contributed by atoms with Gasteiger partial charge in [-0.15, -0.1) is 11.3 Å². The molecule has 0 unspecified atom stereocenters. The number of carbonyl (C=O) groups is 2. The molecule has 0 N–H and O–H groups in total. The minimum atomic E-state index is -0.187. The first-order chi connectivity index (χ1) is 17.0. The second-order valence-electron chi connectivity index (χ2n) is 9.86. The fourth-order valence-corrected chi connectivity index (χ4v) is 6.29. The minimum Gasteiger partial charge on any atom is -0.465 e. The summed E-state index contributed by atoms with van der Waals surface area (Å²) in [6, 6.07) is 5.02. The zero-order valence-corrected chi connectivity index (χ0v) is 21.6. The number of anilines is 1. The number of piperazine rings is 1. The Balaban J connectivity index is 1.15. The molecule has 4 rings (SSSR count). The van der Waals surface area contributed by atoms with E-state index in [-0.39, 0.29) is 29.4 Å². The van der Waals surface area contributed by atoms with Crippen LogP contribution in [-0.2, 0) is 14.3 Å². The van der Waals surface area contributed by atoms with E-state index in [4.69, 9.17) is 4.74 Å². The summed E-state index contributed by atoms with van der Waals surface area (Å²) < 4.78 is 19.8. The normalized spacial score (nSPS) is 21.3. The van der Waals surface area contributed by atoms with Gasteiger partial charge in [-0.05, 0) is 74.8 Å². The van der Waals surface area contributed by atoms with E-state index < -0.39 is 0 Å². The third-order valence-electron chi connectivity index (χ3n) is 7.47. The molecule has 190 valence electrons. The molecule has 1 aliphatic heterocycles. The van der Waals surface area contributed by atoms with Crippen molar-refractivity contribution in [2.24, 2.45) is 11.8 Å². The molecule has 0 atom stereocenters. The molecule has 2 aliphatic rings. The van der Waals surface area contributed by atoms with Gasteiger partial charge in [0.05, 0.1) is 18.2 Å². The van der Waals surface area contributed by atoms with Crippen molar-refractivity contribution in [3.05, 3.63) is 41.5 Å². The van der Waals surface area contributed by atoms with Crippen LogP contribution in [0.2, 0.25) is 0 Å². The van der Waals surface area contributed by atoms with Gasteiger partial charge in [-0.25, -0.2) is 4.39 Å². The Labute approximate surface area is 211 Å². The predicted octanol–water partition coefficient (Wildman–Crippen LogP) is 5.83. The SMILES string of the molecule is C=C(C(=O)CCCN1CCN(c2csc3cc(F)ccc23)CC1)C1CCC(C(=O)OCCC)CC1. The first kappa shape index (κ1) is 25.8. The van der Waals surface area contributed by atoms with Crippen molar-refractivity contribution in [2.75, 3.05) is 44.2 Å². The minimum absolute atomic E-state index is 0.0207. The Kier molecular flexibility index (Phi) is 8.95. The highest BCUT2D eigenvalue weighted by molar-refractivity contribution is 7.17. The van der Waals surface area contributed by atoms with Gasteiger partial charge in [0.1, 0.15) is 5.82 Å². The van der Waals surface area contributed by atoms with Gasteiger partial charge in [-0.2, -0.15) is 0 Å². The molecule has 2 heterocycles. The molecule has 5 nitrogen and oxygen atoms in total. The van der Waals surface area contributed by atoms with E-state index in [1.807, 2.05) is 13.0 Å². The molecule has 1 aromatic heterocycles. The van der Waals surface area contributed by atoms with Crippen LogP contribution in [0.3, 0.4) is 0 Å². The van der Waals surface area contributed by atoms with Crippen LogP contribution < -0.4 is 4.90 Å². The summed E-state index contributed by atoms with van der Waals surface area (Å²) in [6.45, 7) is 11.3. The lowest BCUT2D eigenvalue weighted by Gasteiger charge is -2.36. The lowest BCUT2D eigenvalue weighted by Crippen LogP contribution is -2.46. The molecule has 2 fully saturated rings. The average molecular weight is 501 g/mol. The molecule has 1 saturated heterocycles. The van der Waals surface area contributed by atoms with E-state index in [1.54, 1.807) is 17.4 Å². The highest BCUT2D eigenvalue weighted by atomic mass is 32.1. The summed E-state index contributed by atoms with van der Waals surface area (Å²) in [7, 11) is 0. The highest BCUT2D eigenvalue weighted by Crippen LogP contribution is 2.35. The Morgan fingerprint density at radius 1 is 1.11 bits per heavy atom. The van der Waals surface area contributed by atoms with E-state index in [0.717, 1.165) is 86.9 Å². The Hall–Kier alpha value is -2.25. The summed E-state index contributed by atoms with van der Waals surface area (Å²) in [6.07, 6.45) is 5.51. The first-order valence-electron chi connectivity index (χ1n) is 13.0. The lowest BCUT2D eigenvalue weighted by atomic mass is 9.77. The van der Waals surface area contributed by atoms with Crippen LogP contribution in [0.4, 0.5) is 10.1 Å². The van der Waals surface area contributed by atoms with Crippen LogP contribution in [-0.4, -0.2) is 56.0 Å². The standard InChI is InChI=1S/C28H37FN2O3S/c1-3-17-34-28(33)22-8-6-21(7-9-22)20(2)26(32)5-4-12-30-13-15-31(16-14-30)25-19-35-27-18-23(29)10-11-24(25)27/h10-11,18-19,21-22H,2-9,12-17H2,1H3. The Morgan fingerprint density at radius 3 is 2.54 bits per heavy atom. The predicted molar refractivity (Wildman–Crippen MR) is 141 cm³/mol. The molecule has 0 spiro atoms. The van der Waals surface area contributed by atoms with Crippen LogP contribution in [0, 0.1) is 17.7 Å². The molecular formula is C28H37FN2O3S. The van der Waals surface area contributed by atoms with Gasteiger partial charge in [-0.3, -0.25) is 14.5 Å². The van der Waals surface area contributed by atoms with Crippen molar-refractivity contribution in [1.82, 2.24) is 4.90 Å². The molecule has 0 amide bonds. The number of hydrogen-bond donors (Lipinski definition) is 0. The maximum atomic E-state index is 13.5. The molecule has 1 aliphatic carbocycles. The number of ether oxygens (including phenoxy) is 1. The molecule has 2 aromatic rings. The fourth-order valence-electron chi connectivity index (χ4n) is 5.29. The number of carbonyl (C=O) groups excluding carboxylic acids is 2. The number of allylic oxidation sites excluding steroid dienone is 1. The third kappa shape index (κ3) is 6.50. The monoisotopic (exact) mass is 500 g/mol. The second-order valence-corrected chi connectivity index (χ2v) is 10.8. The van der Waals surface area contributed by atoms with Gasteiger partial charge < -0.3 is 9.64 Å². The van der Waals surface area contributed by atoms with Gasteiger partial charge in [0, 0.05) is 48.1 Å². The van der Waals surface area contributed by atoms with Crippen LogP contribution >= 0.6 is 11.3 Å². The lowest BCUT2D eigenvalue weighted by molar-refractivity contribution is -0.149. The number of thiophene rings is 1. The molecule has 1 aromatic carbocycles. The van der Waals surface area contributed by atoms with Crippen molar-refractivity contribution in [2.45, 2.75) is 51.9 Å². The number of Topliss-reactive ketones (excluding diaryl/α,β-unsaturated/α-hetero) is 1. The number of hydrogen-bond acceptors (Lipinski definition) is 6. The van der Waals surface area contributed by atoms with E-state index in [9.17, 15) is 14.0 Å². The number of fused-ring (bicyclic) bond motifs is 1. The van der Waals surface area contributed by atoms with Crippen molar-refractivity contribution < 1.29 is 18.7 Å². The van der Waals surface area contributed by atoms with Gasteiger partial charge in [0.15, 0.2) is 5.78 Å². The smallest absolute Gasteiger partial charge is 0.308 e. The molecular weight excluding hydrogens is 463 g/mol. The number of halogens is 1. The maximum absolute atomic E-state index is 13.5. The molecule has 1 saturated carbocycles. The van der Waals surface area contributed by atoms with Crippen LogP contribution in [0.25, 0.3) is 10.1 Å². The van der Waals surface area contributed by atoms with Gasteiger partial charge in [0.25, 0.3) is 0 Å². The number of esters is 1. The third-order valence-corrected chi connectivity index (χ3v) is 8.40.